The van der Waals surface area contributed by atoms with Crippen LogP contribution in [0.4, 0.5) is 14.4 Å². The number of nitrogens with two attached hydrogens (primary N) is 1. The van der Waals surface area contributed by atoms with Crippen molar-refractivity contribution in [3.63, 3.8) is 0 Å². The minimum absolute atomic E-state index is 0.140. The zero-order valence-electron chi connectivity index (χ0n) is 24.2. The second kappa shape index (κ2) is 17.2. The molecule has 40 heavy (non-hydrogen) atoms. The van der Waals surface area contributed by atoms with Crippen LogP contribution in [0.3, 0.4) is 0 Å². The number of carboxylic acids is 1. The molecule has 0 amide bonds. The Balaban J connectivity index is 3.10. The highest BCUT2D eigenvalue weighted by Crippen LogP contribution is 2.32. The second-order valence-electron chi connectivity index (χ2n) is 9.73. The molecule has 1 aromatic carbocycles. The van der Waals surface area contributed by atoms with Crippen LogP contribution in [-0.4, -0.2) is 60.0 Å². The van der Waals surface area contributed by atoms with Crippen LogP contribution in [-0.2, 0) is 30.2 Å². The van der Waals surface area contributed by atoms with Gasteiger partial charge in [0.2, 0.25) is 0 Å². The highest BCUT2D eigenvalue weighted by Gasteiger charge is 2.37. The predicted molar refractivity (Wildman–Crippen MR) is 144 cm³/mol. The number of carboxylic acid groups (broad SMARTS) is 1. The van der Waals surface area contributed by atoms with Gasteiger partial charge in [-0.05, 0) is 57.7 Å². The first kappa shape index (κ1) is 34.5. The number of carbonyl (C=O) groups excluding carboxylic acids is 3. The molecule has 0 aliphatic carbocycles. The Morgan fingerprint density at radius 1 is 0.825 bits per heavy atom. The summed E-state index contributed by atoms with van der Waals surface area (Å²) < 4.78 is 31.0. The summed E-state index contributed by atoms with van der Waals surface area (Å²) >= 11 is 0. The van der Waals surface area contributed by atoms with E-state index in [2.05, 4.69) is 0 Å². The fourth-order valence-corrected chi connectivity index (χ4v) is 3.41. The van der Waals surface area contributed by atoms with Gasteiger partial charge in [-0.1, -0.05) is 39.7 Å². The first-order valence-corrected chi connectivity index (χ1v) is 13.6. The van der Waals surface area contributed by atoms with E-state index >= 15 is 0 Å². The number of unbranched alkanes of at least 4 members (excludes halogenated alkanes) is 2. The molecule has 0 fully saturated rings. The molecule has 0 aliphatic rings. The number of benzene rings is 1. The van der Waals surface area contributed by atoms with Crippen LogP contribution in [0.15, 0.2) is 18.2 Å². The van der Waals surface area contributed by atoms with E-state index in [1.165, 1.54) is 25.1 Å². The molecule has 0 bridgehead atoms. The fourth-order valence-electron chi connectivity index (χ4n) is 3.41. The Morgan fingerprint density at radius 3 is 1.90 bits per heavy atom. The van der Waals surface area contributed by atoms with E-state index in [0.717, 1.165) is 12.8 Å². The number of ether oxygens (including phenoxy) is 6. The monoisotopic (exact) mass is 569 g/mol. The maximum Gasteiger partial charge on any atom is 0.514 e. The largest absolute Gasteiger partial charge is 0.514 e. The second-order valence-corrected chi connectivity index (χ2v) is 9.73. The van der Waals surface area contributed by atoms with Crippen LogP contribution >= 0.6 is 0 Å². The van der Waals surface area contributed by atoms with Gasteiger partial charge >= 0.3 is 24.4 Å². The van der Waals surface area contributed by atoms with Crippen LogP contribution < -0.4 is 15.2 Å². The Kier molecular flexibility index (Phi) is 14.8. The molecule has 3 N–H and O–H groups in total. The van der Waals surface area contributed by atoms with Crippen LogP contribution in [0.2, 0.25) is 0 Å². The average Bonchev–Trinajstić information content (AvgIpc) is 2.87. The number of hydrogen-bond donors (Lipinski definition) is 2. The molecule has 0 saturated carbocycles. The number of carbonyl (C=O) groups is 4. The van der Waals surface area contributed by atoms with Crippen LogP contribution in [0.1, 0.15) is 85.6 Å². The van der Waals surface area contributed by atoms with E-state index in [-0.39, 0.29) is 30.9 Å². The van der Waals surface area contributed by atoms with Crippen molar-refractivity contribution >= 4 is 24.4 Å². The highest BCUT2D eigenvalue weighted by atomic mass is 16.8. The summed E-state index contributed by atoms with van der Waals surface area (Å²) in [5.74, 6) is -1.67. The quantitative estimate of drug-likeness (QED) is 0.107. The molecular weight excluding hydrogens is 526 g/mol. The van der Waals surface area contributed by atoms with Crippen LogP contribution in [0, 0.1) is 0 Å². The number of aliphatic carboxylic acids is 1. The minimum atomic E-state index is -1.87. The van der Waals surface area contributed by atoms with Crippen LogP contribution in [0.25, 0.3) is 0 Å². The molecule has 0 aliphatic heterocycles. The third-order valence-corrected chi connectivity index (χ3v) is 6.00. The van der Waals surface area contributed by atoms with E-state index in [4.69, 9.17) is 34.2 Å². The Hall–Kier alpha value is -3.54. The standard InChI is InChI=1S/C28H43NO11/c1-7-10-11-14-35-25(32)38-20(6)16-28(29,24(30)31)17-21-12-13-22(39-26(33)36-18(4)8-2)23(15-21)40-27(34)37-19(5)9-3/h12-13,15,18-20H,7-11,14,16-17,29H2,1-6H3,(H,30,31)/t18?,19?,20-,28?/m0/s1. The molecule has 3 unspecified atom stereocenters. The molecule has 1 aromatic rings. The number of rotatable bonds is 16. The highest BCUT2D eigenvalue weighted by molar-refractivity contribution is 5.79. The zero-order valence-corrected chi connectivity index (χ0v) is 24.2. The molecule has 0 spiro atoms. The molecule has 4 atom stereocenters. The molecule has 12 heteroatoms. The lowest BCUT2D eigenvalue weighted by atomic mass is 9.86. The number of hydrogen-bond acceptors (Lipinski definition) is 11. The fraction of sp³-hybridized carbons (Fsp3) is 0.643. The van der Waals surface area contributed by atoms with Crippen molar-refractivity contribution in [3.8, 4) is 11.5 Å². The Bertz CT molecular complexity index is 983. The molecule has 1 rings (SSSR count). The third kappa shape index (κ3) is 12.5. The first-order valence-electron chi connectivity index (χ1n) is 13.6. The van der Waals surface area contributed by atoms with Gasteiger partial charge in [0.15, 0.2) is 11.5 Å². The maximum atomic E-state index is 12.3. The van der Waals surface area contributed by atoms with Gasteiger partial charge in [0.05, 0.1) is 6.61 Å². The molecule has 12 nitrogen and oxygen atoms in total. The van der Waals surface area contributed by atoms with Gasteiger partial charge in [-0.25, -0.2) is 14.4 Å². The van der Waals surface area contributed by atoms with E-state index in [1.54, 1.807) is 13.8 Å². The summed E-state index contributed by atoms with van der Waals surface area (Å²) in [4.78, 5) is 48.6. The van der Waals surface area contributed by atoms with Crippen molar-refractivity contribution in [2.45, 2.75) is 110 Å². The summed E-state index contributed by atoms with van der Waals surface area (Å²) in [6.07, 6.45) is -1.48. The maximum absolute atomic E-state index is 12.3. The molecular formula is C28H43NO11. The Morgan fingerprint density at radius 2 is 1.38 bits per heavy atom. The zero-order chi connectivity index (χ0) is 30.3. The van der Waals surface area contributed by atoms with Crippen molar-refractivity contribution < 1.29 is 52.7 Å². The summed E-state index contributed by atoms with van der Waals surface area (Å²) in [6.45, 7) is 10.7. The van der Waals surface area contributed by atoms with E-state index in [0.29, 0.717) is 24.8 Å². The lowest BCUT2D eigenvalue weighted by Gasteiger charge is -2.28. The van der Waals surface area contributed by atoms with E-state index in [1.807, 2.05) is 20.8 Å². The van der Waals surface area contributed by atoms with Gasteiger partial charge < -0.3 is 39.3 Å². The SMILES string of the molecule is CCCCCOC(=O)O[C@@H](C)CC(N)(Cc1ccc(OC(=O)OC(C)CC)c(OC(=O)OC(C)CC)c1)C(=O)O. The topological polar surface area (TPSA) is 170 Å². The van der Waals surface area contributed by atoms with Gasteiger partial charge in [-0.2, -0.15) is 0 Å². The normalized spacial score (nSPS) is 14.6. The van der Waals surface area contributed by atoms with E-state index < -0.39 is 48.3 Å². The van der Waals surface area contributed by atoms with Gasteiger partial charge in [0.1, 0.15) is 23.9 Å². The predicted octanol–water partition coefficient (Wildman–Crippen LogP) is 5.76. The smallest absolute Gasteiger partial charge is 0.480 e. The van der Waals surface area contributed by atoms with Crippen molar-refractivity contribution in [2.24, 2.45) is 5.73 Å². The summed E-state index contributed by atoms with van der Waals surface area (Å²) in [7, 11) is 0. The summed E-state index contributed by atoms with van der Waals surface area (Å²) in [5, 5.41) is 9.91. The Labute approximate surface area is 235 Å². The van der Waals surface area contributed by atoms with Crippen molar-refractivity contribution in [2.75, 3.05) is 6.61 Å². The summed E-state index contributed by atoms with van der Waals surface area (Å²) in [5.41, 5.74) is 4.72. The average molecular weight is 570 g/mol. The van der Waals surface area contributed by atoms with Gasteiger partial charge in [-0.3, -0.25) is 4.79 Å². The lowest BCUT2D eigenvalue weighted by Crippen LogP contribution is -2.52. The van der Waals surface area contributed by atoms with Crippen molar-refractivity contribution in [3.05, 3.63) is 23.8 Å². The third-order valence-electron chi connectivity index (χ3n) is 6.00. The first-order chi connectivity index (χ1) is 18.8. The van der Waals surface area contributed by atoms with Gasteiger partial charge in [0.25, 0.3) is 0 Å². The van der Waals surface area contributed by atoms with E-state index in [9.17, 15) is 24.3 Å². The van der Waals surface area contributed by atoms with Crippen molar-refractivity contribution in [1.29, 1.82) is 0 Å². The molecule has 0 saturated heterocycles. The molecule has 0 radical (unpaired) electrons. The summed E-state index contributed by atoms with van der Waals surface area (Å²) in [6, 6.07) is 4.12. The molecule has 226 valence electrons. The lowest BCUT2D eigenvalue weighted by molar-refractivity contribution is -0.144. The molecule has 0 aromatic heterocycles. The van der Waals surface area contributed by atoms with Gasteiger partial charge in [0, 0.05) is 12.8 Å². The molecule has 0 heterocycles. The van der Waals surface area contributed by atoms with Gasteiger partial charge in [-0.15, -0.1) is 0 Å². The minimum Gasteiger partial charge on any atom is -0.480 e. The van der Waals surface area contributed by atoms with Crippen molar-refractivity contribution in [1.82, 2.24) is 0 Å². The van der Waals surface area contributed by atoms with Crippen LogP contribution in [0.5, 0.6) is 11.5 Å².